The molecule has 0 amide bonds. The zero-order valence-corrected chi connectivity index (χ0v) is 10.8. The minimum atomic E-state index is 0.0436. The lowest BCUT2D eigenvalue weighted by molar-refractivity contribution is 0.227. The fourth-order valence-electron chi connectivity index (χ4n) is 2.61. The molecule has 0 saturated heterocycles. The number of hydrogen-bond donors (Lipinski definition) is 2. The van der Waals surface area contributed by atoms with E-state index in [1.807, 2.05) is 5.38 Å². The van der Waals surface area contributed by atoms with E-state index in [-0.39, 0.29) is 4.87 Å². The van der Waals surface area contributed by atoms with Crippen LogP contribution in [-0.2, 0) is 6.54 Å². The summed E-state index contributed by atoms with van der Waals surface area (Å²) in [5.74, 6) is 1.61. The van der Waals surface area contributed by atoms with E-state index in [1.165, 1.54) is 30.6 Å². The van der Waals surface area contributed by atoms with Crippen LogP contribution in [0.15, 0.2) is 10.2 Å². The Labute approximate surface area is 100 Å². The van der Waals surface area contributed by atoms with Gasteiger partial charge in [-0.2, -0.15) is 0 Å². The van der Waals surface area contributed by atoms with Crippen LogP contribution < -0.4 is 10.2 Å². The summed E-state index contributed by atoms with van der Waals surface area (Å²) in [6, 6.07) is 0.611. The highest BCUT2D eigenvalue weighted by Crippen LogP contribution is 2.28. The number of aromatic amines is 1. The zero-order valence-electron chi connectivity index (χ0n) is 9.95. The minimum absolute atomic E-state index is 0.0436. The molecular formula is C12H20N2OS. The summed E-state index contributed by atoms with van der Waals surface area (Å²) in [5.41, 5.74) is 1.01. The van der Waals surface area contributed by atoms with E-state index < -0.39 is 0 Å². The Morgan fingerprint density at radius 1 is 1.50 bits per heavy atom. The van der Waals surface area contributed by atoms with Crippen molar-refractivity contribution in [3.8, 4) is 0 Å². The maximum absolute atomic E-state index is 11.0. The first-order chi connectivity index (χ1) is 7.65. The second-order valence-electron chi connectivity index (χ2n) is 5.06. The van der Waals surface area contributed by atoms with Crippen LogP contribution >= 0.6 is 11.3 Å². The first kappa shape index (κ1) is 11.9. The third kappa shape index (κ3) is 2.95. The summed E-state index contributed by atoms with van der Waals surface area (Å²) in [4.78, 5) is 13.9. The fourth-order valence-corrected chi connectivity index (χ4v) is 3.19. The lowest BCUT2D eigenvalue weighted by atomic mass is 9.80. The molecule has 1 aliphatic rings. The average Bonchev–Trinajstić information content (AvgIpc) is 2.63. The quantitative estimate of drug-likeness (QED) is 0.852. The van der Waals surface area contributed by atoms with Gasteiger partial charge in [0.25, 0.3) is 0 Å². The van der Waals surface area contributed by atoms with Crippen LogP contribution in [0.2, 0.25) is 0 Å². The zero-order chi connectivity index (χ0) is 11.5. The highest BCUT2D eigenvalue weighted by atomic mass is 32.1. The van der Waals surface area contributed by atoms with Crippen molar-refractivity contribution >= 4 is 11.3 Å². The number of H-pyrrole nitrogens is 1. The normalized spacial score (nSPS) is 30.5. The van der Waals surface area contributed by atoms with Crippen LogP contribution in [0.5, 0.6) is 0 Å². The Morgan fingerprint density at radius 2 is 2.31 bits per heavy atom. The Bertz CT molecular complexity index is 384. The average molecular weight is 240 g/mol. The second-order valence-corrected chi connectivity index (χ2v) is 5.90. The van der Waals surface area contributed by atoms with E-state index in [0.717, 1.165) is 24.1 Å². The molecule has 0 aliphatic heterocycles. The maximum Gasteiger partial charge on any atom is 0.304 e. The highest BCUT2D eigenvalue weighted by Gasteiger charge is 2.24. The molecule has 1 fully saturated rings. The molecule has 1 heterocycles. The molecule has 2 rings (SSSR count). The molecule has 0 radical (unpaired) electrons. The first-order valence-corrected chi connectivity index (χ1v) is 6.93. The van der Waals surface area contributed by atoms with Crippen LogP contribution in [-0.4, -0.2) is 11.0 Å². The van der Waals surface area contributed by atoms with Gasteiger partial charge in [-0.25, -0.2) is 0 Å². The van der Waals surface area contributed by atoms with Gasteiger partial charge in [-0.15, -0.1) is 0 Å². The Kier molecular flexibility index (Phi) is 3.82. The van der Waals surface area contributed by atoms with Crippen molar-refractivity contribution in [1.29, 1.82) is 0 Å². The van der Waals surface area contributed by atoms with Gasteiger partial charge in [-0.05, 0) is 31.1 Å². The van der Waals surface area contributed by atoms with Gasteiger partial charge in [-0.3, -0.25) is 4.79 Å². The summed E-state index contributed by atoms with van der Waals surface area (Å²) in [5, 5.41) is 5.47. The third-order valence-corrected chi connectivity index (χ3v) is 4.28. The summed E-state index contributed by atoms with van der Waals surface area (Å²) in [7, 11) is 0. The van der Waals surface area contributed by atoms with Crippen molar-refractivity contribution in [2.75, 3.05) is 0 Å². The molecule has 16 heavy (non-hydrogen) atoms. The Hall–Kier alpha value is -0.610. The number of thiazole rings is 1. The van der Waals surface area contributed by atoms with Crippen molar-refractivity contribution in [2.24, 2.45) is 11.8 Å². The van der Waals surface area contributed by atoms with E-state index in [0.29, 0.717) is 6.04 Å². The molecule has 2 N–H and O–H groups in total. The second kappa shape index (κ2) is 5.15. The van der Waals surface area contributed by atoms with E-state index in [2.05, 4.69) is 24.1 Å². The third-order valence-electron chi connectivity index (χ3n) is 3.56. The molecule has 0 spiro atoms. The van der Waals surface area contributed by atoms with Crippen molar-refractivity contribution in [3.63, 3.8) is 0 Å². The number of rotatable bonds is 3. The molecule has 3 atom stereocenters. The molecule has 1 saturated carbocycles. The van der Waals surface area contributed by atoms with Gasteiger partial charge in [0, 0.05) is 23.7 Å². The van der Waals surface area contributed by atoms with E-state index in [1.54, 1.807) is 0 Å². The van der Waals surface area contributed by atoms with Gasteiger partial charge >= 0.3 is 4.87 Å². The molecular weight excluding hydrogens is 220 g/mol. The summed E-state index contributed by atoms with van der Waals surface area (Å²) in [6.45, 7) is 5.45. The molecule has 3 unspecified atom stereocenters. The molecule has 3 nitrogen and oxygen atoms in total. The van der Waals surface area contributed by atoms with Gasteiger partial charge < -0.3 is 10.3 Å². The number of hydrogen-bond acceptors (Lipinski definition) is 3. The fraction of sp³-hybridized carbons (Fsp3) is 0.750. The summed E-state index contributed by atoms with van der Waals surface area (Å²) in [6.07, 6.45) is 3.90. The van der Waals surface area contributed by atoms with Crippen LogP contribution in [0.1, 0.15) is 38.8 Å². The predicted molar refractivity (Wildman–Crippen MR) is 67.7 cm³/mol. The molecule has 1 aromatic heterocycles. The van der Waals surface area contributed by atoms with Crippen LogP contribution in [0.3, 0.4) is 0 Å². The number of aromatic nitrogens is 1. The summed E-state index contributed by atoms with van der Waals surface area (Å²) < 4.78 is 0. The number of nitrogens with one attached hydrogen (secondary N) is 2. The SMILES string of the molecule is CC1CCC(NCc2csc(=O)[nH]2)C(C)C1. The van der Waals surface area contributed by atoms with Gasteiger partial charge in [0.05, 0.1) is 0 Å². The molecule has 90 valence electrons. The van der Waals surface area contributed by atoms with Gasteiger partial charge in [-0.1, -0.05) is 25.2 Å². The monoisotopic (exact) mass is 240 g/mol. The Balaban J connectivity index is 1.84. The minimum Gasteiger partial charge on any atom is -0.315 e. The molecule has 4 heteroatoms. The smallest absolute Gasteiger partial charge is 0.304 e. The molecule has 1 aromatic rings. The van der Waals surface area contributed by atoms with Crippen LogP contribution in [0.4, 0.5) is 0 Å². The van der Waals surface area contributed by atoms with Gasteiger partial charge in [0.15, 0.2) is 0 Å². The van der Waals surface area contributed by atoms with E-state index in [9.17, 15) is 4.79 Å². The van der Waals surface area contributed by atoms with E-state index >= 15 is 0 Å². The summed E-state index contributed by atoms with van der Waals surface area (Å²) >= 11 is 1.24. The van der Waals surface area contributed by atoms with Crippen molar-refractivity contribution in [3.05, 3.63) is 20.7 Å². The van der Waals surface area contributed by atoms with Crippen molar-refractivity contribution in [2.45, 2.75) is 45.7 Å². The first-order valence-electron chi connectivity index (χ1n) is 6.05. The van der Waals surface area contributed by atoms with Crippen molar-refractivity contribution in [1.82, 2.24) is 10.3 Å². The van der Waals surface area contributed by atoms with Crippen LogP contribution in [0.25, 0.3) is 0 Å². The lowest BCUT2D eigenvalue weighted by Crippen LogP contribution is -2.38. The van der Waals surface area contributed by atoms with E-state index in [4.69, 9.17) is 0 Å². The molecule has 1 aliphatic carbocycles. The van der Waals surface area contributed by atoms with Crippen molar-refractivity contribution < 1.29 is 0 Å². The highest BCUT2D eigenvalue weighted by molar-refractivity contribution is 7.07. The van der Waals surface area contributed by atoms with Gasteiger partial charge in [0.2, 0.25) is 0 Å². The standard InChI is InChI=1S/C12H20N2OS/c1-8-3-4-11(9(2)5-8)13-6-10-7-16-12(15)14-10/h7-9,11,13H,3-6H2,1-2H3,(H,14,15). The van der Waals surface area contributed by atoms with Crippen LogP contribution in [0, 0.1) is 11.8 Å². The maximum atomic E-state index is 11.0. The molecule has 0 bridgehead atoms. The van der Waals surface area contributed by atoms with Gasteiger partial charge in [0.1, 0.15) is 0 Å². The lowest BCUT2D eigenvalue weighted by Gasteiger charge is -2.33. The largest absolute Gasteiger partial charge is 0.315 e. The topological polar surface area (TPSA) is 44.9 Å². The Morgan fingerprint density at radius 3 is 2.94 bits per heavy atom. The predicted octanol–water partition coefficient (Wildman–Crippen LogP) is 2.35. The molecule has 0 aromatic carbocycles.